The summed E-state index contributed by atoms with van der Waals surface area (Å²) in [6, 6.07) is 72.9. The van der Waals surface area contributed by atoms with Gasteiger partial charge in [-0.3, -0.25) is 0 Å². The quantitative estimate of drug-likeness (QED) is 0.169. The standard InChI is InChI=1S/C55H34N4S/c1-3-14-38(15-4-1)47-34-48(58-54(57-47)41-16-5-2-6-17-41)39-27-23-36(24-28-39)37-25-29-40(30-26-37)52-53-50(44-19-9-11-21-46(44)56-52)51-45-20-10-12-22-49(45)59(55(51)60-53)43-32-31-35-13-7-8-18-42(35)33-43/h1-34H. The number of aromatic nitrogens is 4. The van der Waals surface area contributed by atoms with Crippen molar-refractivity contribution in [3.63, 3.8) is 0 Å². The van der Waals surface area contributed by atoms with Crippen molar-refractivity contribution in [2.24, 2.45) is 0 Å². The van der Waals surface area contributed by atoms with Gasteiger partial charge in [0.1, 0.15) is 4.83 Å². The van der Waals surface area contributed by atoms with Gasteiger partial charge in [0.2, 0.25) is 0 Å². The first-order chi connectivity index (χ1) is 29.7. The highest BCUT2D eigenvalue weighted by molar-refractivity contribution is 7.26. The molecule has 60 heavy (non-hydrogen) atoms. The third-order valence-electron chi connectivity index (χ3n) is 11.6. The van der Waals surface area contributed by atoms with E-state index in [0.717, 1.165) is 61.7 Å². The summed E-state index contributed by atoms with van der Waals surface area (Å²) < 4.78 is 3.64. The molecule has 0 saturated carbocycles. The highest BCUT2D eigenvalue weighted by atomic mass is 32.1. The maximum Gasteiger partial charge on any atom is 0.160 e. The molecule has 0 amide bonds. The van der Waals surface area contributed by atoms with E-state index in [2.05, 4.69) is 174 Å². The van der Waals surface area contributed by atoms with Crippen LogP contribution in [0.25, 0.3) is 115 Å². The summed E-state index contributed by atoms with van der Waals surface area (Å²) in [5.74, 6) is 0.713. The molecule has 12 rings (SSSR count). The molecule has 0 aliphatic heterocycles. The summed E-state index contributed by atoms with van der Waals surface area (Å²) in [5, 5.41) is 7.45. The number of hydrogen-bond acceptors (Lipinski definition) is 4. The van der Waals surface area contributed by atoms with Crippen molar-refractivity contribution in [3.8, 4) is 62.0 Å². The van der Waals surface area contributed by atoms with Crippen LogP contribution in [0.15, 0.2) is 206 Å². The fraction of sp³-hybridized carbons (Fsp3) is 0. The largest absolute Gasteiger partial charge is 0.301 e. The number of benzene rings is 8. The van der Waals surface area contributed by atoms with Gasteiger partial charge in [0.05, 0.1) is 32.8 Å². The van der Waals surface area contributed by atoms with Gasteiger partial charge in [-0.15, -0.1) is 11.3 Å². The molecule has 280 valence electrons. The Labute approximate surface area is 350 Å². The van der Waals surface area contributed by atoms with Gasteiger partial charge >= 0.3 is 0 Å². The van der Waals surface area contributed by atoms with E-state index in [4.69, 9.17) is 15.0 Å². The average molecular weight is 783 g/mol. The molecular formula is C55H34N4S. The van der Waals surface area contributed by atoms with Crippen LogP contribution in [-0.4, -0.2) is 19.5 Å². The van der Waals surface area contributed by atoms with Crippen LogP contribution in [0.1, 0.15) is 0 Å². The molecule has 4 aromatic heterocycles. The van der Waals surface area contributed by atoms with Crippen LogP contribution in [0.3, 0.4) is 0 Å². The molecule has 0 saturated heterocycles. The SMILES string of the molecule is c1ccc(-c2cc(-c3ccc(-c4ccc(-c5nc6ccccc6c6c5sc5c6c6ccccc6n5-c5ccc6ccccc6c5)cc4)cc3)nc(-c3ccccc3)n2)cc1. The zero-order valence-corrected chi connectivity index (χ0v) is 33.1. The summed E-state index contributed by atoms with van der Waals surface area (Å²) in [7, 11) is 0. The van der Waals surface area contributed by atoms with Crippen LogP contribution in [0.4, 0.5) is 0 Å². The lowest BCUT2D eigenvalue weighted by atomic mass is 9.99. The summed E-state index contributed by atoms with van der Waals surface area (Å²) >= 11 is 1.84. The van der Waals surface area contributed by atoms with E-state index in [0.29, 0.717) is 5.82 Å². The molecule has 4 nitrogen and oxygen atoms in total. The number of nitrogens with zero attached hydrogens (tertiary/aromatic N) is 4. The minimum absolute atomic E-state index is 0.713. The van der Waals surface area contributed by atoms with Gasteiger partial charge in [-0.1, -0.05) is 176 Å². The Hall–Kier alpha value is -7.73. The van der Waals surface area contributed by atoms with Crippen molar-refractivity contribution in [1.82, 2.24) is 19.5 Å². The van der Waals surface area contributed by atoms with E-state index >= 15 is 0 Å². The first-order valence-corrected chi connectivity index (χ1v) is 21.0. The molecule has 0 spiro atoms. The summed E-state index contributed by atoms with van der Waals surface area (Å²) in [6.07, 6.45) is 0. The molecule has 0 bridgehead atoms. The van der Waals surface area contributed by atoms with Crippen LogP contribution < -0.4 is 0 Å². The molecule has 12 aromatic rings. The first-order valence-electron chi connectivity index (χ1n) is 20.2. The number of fused-ring (bicyclic) bond motifs is 8. The third-order valence-corrected chi connectivity index (χ3v) is 12.8. The van der Waals surface area contributed by atoms with Crippen molar-refractivity contribution in [3.05, 3.63) is 206 Å². The maximum absolute atomic E-state index is 5.37. The van der Waals surface area contributed by atoms with Crippen LogP contribution in [0.5, 0.6) is 0 Å². The van der Waals surface area contributed by atoms with E-state index in [-0.39, 0.29) is 0 Å². The Bertz CT molecular complexity index is 3510. The van der Waals surface area contributed by atoms with E-state index in [1.807, 2.05) is 47.7 Å². The molecule has 8 aromatic carbocycles. The molecule has 0 fully saturated rings. The molecular weight excluding hydrogens is 749 g/mol. The average Bonchev–Trinajstić information content (AvgIpc) is 3.87. The highest BCUT2D eigenvalue weighted by Crippen LogP contribution is 2.48. The number of thiophene rings is 1. The number of hydrogen-bond donors (Lipinski definition) is 0. The van der Waals surface area contributed by atoms with E-state index in [1.54, 1.807) is 0 Å². The monoisotopic (exact) mass is 782 g/mol. The second-order valence-electron chi connectivity index (χ2n) is 15.2. The van der Waals surface area contributed by atoms with Crippen molar-refractivity contribution in [1.29, 1.82) is 0 Å². The first kappa shape index (κ1) is 34.3. The smallest absolute Gasteiger partial charge is 0.160 e. The van der Waals surface area contributed by atoms with Crippen molar-refractivity contribution >= 4 is 64.2 Å². The second kappa shape index (κ2) is 14.0. The minimum Gasteiger partial charge on any atom is -0.301 e. The van der Waals surface area contributed by atoms with Crippen molar-refractivity contribution in [2.75, 3.05) is 0 Å². The zero-order valence-electron chi connectivity index (χ0n) is 32.3. The molecule has 4 heterocycles. The lowest BCUT2D eigenvalue weighted by molar-refractivity contribution is 1.18. The number of para-hydroxylation sites is 2. The lowest BCUT2D eigenvalue weighted by Crippen LogP contribution is -1.95. The van der Waals surface area contributed by atoms with Gasteiger partial charge < -0.3 is 4.57 Å². The van der Waals surface area contributed by atoms with Crippen LogP contribution in [-0.2, 0) is 0 Å². The Morgan fingerprint density at radius 2 is 0.950 bits per heavy atom. The van der Waals surface area contributed by atoms with E-state index < -0.39 is 0 Å². The van der Waals surface area contributed by atoms with E-state index in [9.17, 15) is 0 Å². The molecule has 5 heteroatoms. The van der Waals surface area contributed by atoms with Crippen LogP contribution in [0.2, 0.25) is 0 Å². The molecule has 0 atom stereocenters. The third kappa shape index (κ3) is 5.70. The second-order valence-corrected chi connectivity index (χ2v) is 16.2. The summed E-state index contributed by atoms with van der Waals surface area (Å²) in [6.45, 7) is 0. The van der Waals surface area contributed by atoms with Crippen molar-refractivity contribution in [2.45, 2.75) is 0 Å². The predicted molar refractivity (Wildman–Crippen MR) is 252 cm³/mol. The predicted octanol–water partition coefficient (Wildman–Crippen LogP) is 14.8. The van der Waals surface area contributed by atoms with Gasteiger partial charge in [0.15, 0.2) is 5.82 Å². The van der Waals surface area contributed by atoms with Gasteiger partial charge in [-0.2, -0.15) is 0 Å². The van der Waals surface area contributed by atoms with E-state index in [1.165, 1.54) is 47.4 Å². The number of pyridine rings is 1. The topological polar surface area (TPSA) is 43.6 Å². The normalized spacial score (nSPS) is 11.7. The van der Waals surface area contributed by atoms with Gasteiger partial charge in [0.25, 0.3) is 0 Å². The van der Waals surface area contributed by atoms with Gasteiger partial charge in [0, 0.05) is 49.5 Å². The van der Waals surface area contributed by atoms with Crippen LogP contribution in [0, 0.1) is 0 Å². The highest BCUT2D eigenvalue weighted by Gasteiger charge is 2.23. The Balaban J connectivity index is 0.952. The Kier molecular flexibility index (Phi) is 8.00. The molecule has 0 unspecified atom stereocenters. The summed E-state index contributed by atoms with van der Waals surface area (Å²) in [5.41, 5.74) is 12.6. The van der Waals surface area contributed by atoms with Crippen LogP contribution >= 0.6 is 11.3 Å². The van der Waals surface area contributed by atoms with Crippen molar-refractivity contribution < 1.29 is 0 Å². The fourth-order valence-corrected chi connectivity index (χ4v) is 10.1. The Morgan fingerprint density at radius 3 is 1.68 bits per heavy atom. The molecule has 0 radical (unpaired) electrons. The summed E-state index contributed by atoms with van der Waals surface area (Å²) in [4.78, 5) is 16.6. The van der Waals surface area contributed by atoms with Gasteiger partial charge in [-0.25, -0.2) is 15.0 Å². The Morgan fingerprint density at radius 1 is 0.383 bits per heavy atom. The molecule has 0 aliphatic carbocycles. The number of rotatable bonds is 6. The maximum atomic E-state index is 5.37. The lowest BCUT2D eigenvalue weighted by Gasteiger charge is -2.11. The van der Waals surface area contributed by atoms with Gasteiger partial charge in [-0.05, 0) is 52.2 Å². The fourth-order valence-electron chi connectivity index (χ4n) is 8.68. The minimum atomic E-state index is 0.713. The molecule has 0 aliphatic rings. The zero-order chi connectivity index (χ0) is 39.6. The molecule has 0 N–H and O–H groups in total.